The zero-order valence-electron chi connectivity index (χ0n) is 21.4. The molecule has 38 heavy (non-hydrogen) atoms. The summed E-state index contributed by atoms with van der Waals surface area (Å²) in [5.74, 6) is -6.52. The molecule has 3 aliphatic rings. The average molecular weight is 525 g/mol. The molecule has 3 aliphatic carbocycles. The molecule has 0 unspecified atom stereocenters. The number of aryl methyl sites for hydroxylation is 1. The molecule has 1 aromatic carbocycles. The van der Waals surface area contributed by atoms with Crippen LogP contribution in [0.15, 0.2) is 41.3 Å². The first-order valence-corrected chi connectivity index (χ1v) is 12.1. The highest BCUT2D eigenvalue weighted by Crippen LogP contribution is 2.53. The zero-order chi connectivity index (χ0) is 28.1. The number of pyridine rings is 1. The second-order valence-electron chi connectivity index (χ2n) is 9.91. The van der Waals surface area contributed by atoms with Crippen molar-refractivity contribution in [3.8, 4) is 16.9 Å². The molecule has 0 spiro atoms. The Balaban J connectivity index is 0.00000107. The summed E-state index contributed by atoms with van der Waals surface area (Å²) in [6, 6.07) is 4.38. The van der Waals surface area contributed by atoms with Crippen LogP contribution >= 0.6 is 0 Å². The van der Waals surface area contributed by atoms with Crippen molar-refractivity contribution < 1.29 is 39.2 Å². The van der Waals surface area contributed by atoms with Crippen molar-refractivity contribution in [2.75, 3.05) is 14.1 Å². The minimum atomic E-state index is -2.53. The number of halogens is 1. The number of rotatable bonds is 2. The quantitative estimate of drug-likeness (QED) is 0.294. The van der Waals surface area contributed by atoms with E-state index in [1.165, 1.54) is 18.3 Å². The lowest BCUT2D eigenvalue weighted by Crippen LogP contribution is -2.57. The molecular formula is C28H29FN2O7. The van der Waals surface area contributed by atoms with Crippen molar-refractivity contribution in [2.24, 2.45) is 11.8 Å². The highest BCUT2D eigenvalue weighted by molar-refractivity contribution is 6.23. The van der Waals surface area contributed by atoms with E-state index in [2.05, 4.69) is 10.3 Å². The van der Waals surface area contributed by atoms with Crippen molar-refractivity contribution in [2.45, 2.75) is 38.7 Å². The number of carbonyl (C=O) groups excluding carboxylic acids is 3. The van der Waals surface area contributed by atoms with Gasteiger partial charge in [-0.15, -0.1) is 0 Å². The van der Waals surface area contributed by atoms with Crippen LogP contribution in [-0.2, 0) is 20.8 Å². The summed E-state index contributed by atoms with van der Waals surface area (Å²) in [6.45, 7) is 2.66. The zero-order valence-corrected chi connectivity index (χ0v) is 21.4. The van der Waals surface area contributed by atoms with Gasteiger partial charge in [-0.05, 0) is 81.6 Å². The number of ketones is 3. The van der Waals surface area contributed by atoms with E-state index in [1.807, 2.05) is 14.1 Å². The number of nitrogens with one attached hydrogen (secondary N) is 1. The summed E-state index contributed by atoms with van der Waals surface area (Å²) in [6.07, 6.45) is 1.25. The molecule has 5 N–H and O–H groups in total. The first-order valence-electron chi connectivity index (χ1n) is 12.1. The van der Waals surface area contributed by atoms with Gasteiger partial charge in [0.2, 0.25) is 11.7 Å². The lowest BCUT2D eigenvalue weighted by atomic mass is 9.59. The van der Waals surface area contributed by atoms with E-state index < -0.39 is 57.8 Å². The summed E-state index contributed by atoms with van der Waals surface area (Å²) in [7, 11) is 3.75. The maximum Gasteiger partial charge on any atom is 0.212 e. The van der Waals surface area contributed by atoms with Gasteiger partial charge in [0.25, 0.3) is 0 Å². The summed E-state index contributed by atoms with van der Waals surface area (Å²) in [4.78, 5) is 41.7. The Kier molecular flexibility index (Phi) is 6.98. The van der Waals surface area contributed by atoms with Crippen molar-refractivity contribution >= 4 is 23.1 Å². The van der Waals surface area contributed by atoms with Gasteiger partial charge in [-0.25, -0.2) is 4.98 Å². The van der Waals surface area contributed by atoms with Gasteiger partial charge in [-0.1, -0.05) is 0 Å². The SMILES string of the molecule is CC(=O)C1=C(O)[C@@]2(O)C(=O)C3=C(O)c4c(O)c(C)cc(-c5ccc(F)nc5)c4C[C@H]3C[C@H]2CC1=O.CNC. The van der Waals surface area contributed by atoms with Gasteiger partial charge in [0.15, 0.2) is 17.2 Å². The number of nitrogens with zero attached hydrogens (tertiary/aromatic N) is 1. The van der Waals surface area contributed by atoms with Crippen LogP contribution in [0.3, 0.4) is 0 Å². The summed E-state index contributed by atoms with van der Waals surface area (Å²) in [5.41, 5.74) is -1.29. The summed E-state index contributed by atoms with van der Waals surface area (Å²) < 4.78 is 13.4. The normalized spacial score (nSPS) is 24.3. The van der Waals surface area contributed by atoms with E-state index in [-0.39, 0.29) is 36.1 Å². The van der Waals surface area contributed by atoms with Crippen LogP contribution in [0.5, 0.6) is 5.75 Å². The molecule has 2 aromatic rings. The second-order valence-corrected chi connectivity index (χ2v) is 9.91. The molecular weight excluding hydrogens is 495 g/mol. The Morgan fingerprint density at radius 1 is 1.16 bits per heavy atom. The third-order valence-corrected chi connectivity index (χ3v) is 7.40. The number of fused-ring (bicyclic) bond motifs is 3. The smallest absolute Gasteiger partial charge is 0.212 e. The number of phenolic OH excluding ortho intramolecular Hbond substituents is 1. The van der Waals surface area contributed by atoms with Crippen LogP contribution in [0.1, 0.15) is 36.5 Å². The molecule has 0 amide bonds. The standard InChI is InChI=1S/C26H22FNO7.C2H7N/c1-10-5-15(12-3-4-18(27)28-9-12)16-7-13-6-14-8-17(30)19(11(2)29)24(33)26(14,35)25(34)20(13)23(32)21(16)22(10)31;1-3-2/h3-5,9,13-14,31-33,35H,6-8H2,1-2H3;3H,1-2H3/t13-,14+,26-;/m1./s1. The number of allylic oxidation sites excluding steroid dienone is 1. The van der Waals surface area contributed by atoms with E-state index in [0.717, 1.165) is 6.92 Å². The number of aromatic nitrogens is 1. The highest BCUT2D eigenvalue weighted by atomic mass is 19.1. The predicted molar refractivity (Wildman–Crippen MR) is 136 cm³/mol. The fourth-order valence-electron chi connectivity index (χ4n) is 5.73. The number of phenols is 1. The van der Waals surface area contributed by atoms with E-state index in [9.17, 15) is 39.2 Å². The first-order chi connectivity index (χ1) is 17.9. The van der Waals surface area contributed by atoms with Crippen LogP contribution in [0.25, 0.3) is 16.9 Å². The Hall–Kier alpha value is -3.89. The number of aliphatic hydroxyl groups excluding tert-OH is 2. The number of benzene rings is 1. The Morgan fingerprint density at radius 2 is 1.82 bits per heavy atom. The van der Waals surface area contributed by atoms with E-state index in [4.69, 9.17) is 0 Å². The van der Waals surface area contributed by atoms with Crippen molar-refractivity contribution in [1.82, 2.24) is 10.3 Å². The van der Waals surface area contributed by atoms with Crippen LogP contribution in [-0.4, -0.2) is 62.5 Å². The molecule has 10 heteroatoms. The molecule has 0 saturated heterocycles. The summed E-state index contributed by atoms with van der Waals surface area (Å²) in [5, 5.41) is 46.8. The van der Waals surface area contributed by atoms with Crippen LogP contribution < -0.4 is 5.32 Å². The third kappa shape index (κ3) is 4.00. The van der Waals surface area contributed by atoms with Crippen molar-refractivity contribution in [1.29, 1.82) is 0 Å². The number of Topliss-reactive ketones (excluding diaryl/α,β-unsaturated/α-hetero) is 3. The van der Waals surface area contributed by atoms with Gasteiger partial charge in [0.05, 0.1) is 5.56 Å². The van der Waals surface area contributed by atoms with Gasteiger partial charge >= 0.3 is 0 Å². The molecule has 1 heterocycles. The Labute approximate surface area is 218 Å². The molecule has 1 saturated carbocycles. The molecule has 9 nitrogen and oxygen atoms in total. The molecule has 5 rings (SSSR count). The maximum absolute atomic E-state index is 13.6. The van der Waals surface area contributed by atoms with Gasteiger partial charge < -0.3 is 25.7 Å². The number of aromatic hydroxyl groups is 1. The number of hydrogen-bond donors (Lipinski definition) is 5. The maximum atomic E-state index is 13.6. The van der Waals surface area contributed by atoms with Gasteiger partial charge in [0, 0.05) is 29.7 Å². The van der Waals surface area contributed by atoms with Crippen LogP contribution in [0, 0.1) is 24.7 Å². The molecule has 0 radical (unpaired) electrons. The molecule has 1 aromatic heterocycles. The Bertz CT molecular complexity index is 1430. The third-order valence-electron chi connectivity index (χ3n) is 7.40. The second kappa shape index (κ2) is 9.77. The monoisotopic (exact) mass is 524 g/mol. The predicted octanol–water partition coefficient (Wildman–Crippen LogP) is 2.87. The Morgan fingerprint density at radius 3 is 2.39 bits per heavy atom. The largest absolute Gasteiger partial charge is 0.508 e. The number of hydrogen-bond acceptors (Lipinski definition) is 9. The minimum Gasteiger partial charge on any atom is -0.508 e. The first kappa shape index (κ1) is 27.2. The van der Waals surface area contributed by atoms with Crippen molar-refractivity contribution in [3.05, 3.63) is 63.9 Å². The molecule has 1 fully saturated rings. The molecule has 0 bridgehead atoms. The van der Waals surface area contributed by atoms with Crippen LogP contribution in [0.4, 0.5) is 4.39 Å². The number of carbonyl (C=O) groups is 3. The fourth-order valence-corrected chi connectivity index (χ4v) is 5.73. The summed E-state index contributed by atoms with van der Waals surface area (Å²) >= 11 is 0. The molecule has 3 atom stereocenters. The van der Waals surface area contributed by atoms with E-state index in [1.54, 1.807) is 13.0 Å². The van der Waals surface area contributed by atoms with Gasteiger partial charge in [0.1, 0.15) is 22.8 Å². The van der Waals surface area contributed by atoms with E-state index >= 15 is 0 Å². The van der Waals surface area contributed by atoms with Gasteiger partial charge in [-0.2, -0.15) is 4.39 Å². The van der Waals surface area contributed by atoms with E-state index in [0.29, 0.717) is 22.3 Å². The number of aliphatic hydroxyl groups is 3. The van der Waals surface area contributed by atoms with Crippen LogP contribution in [0.2, 0.25) is 0 Å². The fraction of sp³-hybridized carbons (Fsp3) is 0.357. The molecule has 200 valence electrons. The average Bonchev–Trinajstić information content (AvgIpc) is 2.84. The topological polar surface area (TPSA) is 157 Å². The van der Waals surface area contributed by atoms with Gasteiger partial charge in [-0.3, -0.25) is 14.4 Å². The van der Waals surface area contributed by atoms with Crippen molar-refractivity contribution in [3.63, 3.8) is 0 Å². The lowest BCUT2D eigenvalue weighted by Gasteiger charge is -2.46. The molecule has 0 aliphatic heterocycles. The minimum absolute atomic E-state index is 0.00752. The lowest BCUT2D eigenvalue weighted by molar-refractivity contribution is -0.147. The highest BCUT2D eigenvalue weighted by Gasteiger charge is 2.60.